The Morgan fingerprint density at radius 3 is 2.39 bits per heavy atom. The van der Waals surface area contributed by atoms with Crippen LogP contribution < -0.4 is 10.6 Å². The number of benzene rings is 1. The summed E-state index contributed by atoms with van der Waals surface area (Å²) >= 11 is 15.1. The molecule has 120 valence electrons. The van der Waals surface area contributed by atoms with E-state index >= 15 is 0 Å². The second-order valence-electron chi connectivity index (χ2n) is 4.34. The first kappa shape index (κ1) is 17.7. The van der Waals surface area contributed by atoms with Gasteiger partial charge in [-0.05, 0) is 12.1 Å². The number of nitrogens with one attached hydrogen (secondary N) is 2. The third-order valence-corrected chi connectivity index (χ3v) is 3.74. The van der Waals surface area contributed by atoms with Crippen molar-refractivity contribution in [3.8, 4) is 0 Å². The van der Waals surface area contributed by atoms with Gasteiger partial charge in [-0.1, -0.05) is 45.2 Å². The fraction of sp³-hybridized carbons (Fsp3) is 0.143. The number of aryl methyl sites for hydroxylation is 1. The molecule has 0 bridgehead atoms. The number of carbonyl (C=O) groups is 2. The molecule has 2 aromatic rings. The van der Waals surface area contributed by atoms with E-state index in [9.17, 15) is 9.59 Å². The summed E-state index contributed by atoms with van der Waals surface area (Å²) in [5.41, 5.74) is 0.816. The van der Waals surface area contributed by atoms with Crippen molar-refractivity contribution in [3.63, 3.8) is 0 Å². The fourth-order valence-electron chi connectivity index (χ4n) is 1.67. The largest absolute Gasteiger partial charge is 0.327 e. The van der Waals surface area contributed by atoms with E-state index in [1.807, 2.05) is 0 Å². The van der Waals surface area contributed by atoms with Crippen molar-refractivity contribution in [2.24, 2.45) is 0 Å². The number of carbonyl (C=O) groups excluding carboxylic acids is 2. The second-order valence-corrected chi connectivity index (χ2v) is 5.94. The van der Waals surface area contributed by atoms with E-state index in [-0.39, 0.29) is 21.4 Å². The van der Waals surface area contributed by atoms with Crippen LogP contribution in [-0.2, 0) is 6.42 Å². The number of aromatic nitrogens is 2. The Kier molecular flexibility index (Phi) is 6.32. The van der Waals surface area contributed by atoms with Gasteiger partial charge in [-0.25, -0.2) is 9.78 Å². The Hall–Kier alpha value is -1.70. The van der Waals surface area contributed by atoms with Crippen molar-refractivity contribution < 1.29 is 9.59 Å². The van der Waals surface area contributed by atoms with Crippen LogP contribution in [-0.4, -0.2) is 27.2 Å². The summed E-state index contributed by atoms with van der Waals surface area (Å²) < 4.78 is 0. The molecule has 0 atom stereocenters. The number of rotatable bonds is 4. The Balaban J connectivity index is 2.00. The van der Waals surface area contributed by atoms with Gasteiger partial charge in [0.1, 0.15) is 0 Å². The molecule has 0 aliphatic rings. The summed E-state index contributed by atoms with van der Waals surface area (Å²) in [6.07, 6.45) is 3.68. The smallest absolute Gasteiger partial charge is 0.291 e. The average Bonchev–Trinajstić information content (AvgIpc) is 2.49. The number of nitrogens with zero attached hydrogens (tertiary/aromatic N) is 2. The average molecular weight is 418 g/mol. The highest BCUT2D eigenvalue weighted by atomic mass is 79.9. The number of anilines is 1. The van der Waals surface area contributed by atoms with E-state index in [2.05, 4.69) is 36.5 Å². The van der Waals surface area contributed by atoms with Crippen molar-refractivity contribution in [1.82, 2.24) is 15.3 Å². The molecule has 2 N–H and O–H groups in total. The molecule has 0 saturated heterocycles. The molecule has 23 heavy (non-hydrogen) atoms. The highest BCUT2D eigenvalue weighted by Crippen LogP contribution is 2.23. The summed E-state index contributed by atoms with van der Waals surface area (Å²) in [4.78, 5) is 32.0. The molecular formula is C14H11BrCl2N4O2. The first-order valence-electron chi connectivity index (χ1n) is 6.44. The molecule has 1 aromatic heterocycles. The van der Waals surface area contributed by atoms with Gasteiger partial charge >= 0.3 is 6.03 Å². The maximum absolute atomic E-state index is 12.0. The molecule has 1 aromatic carbocycles. The van der Waals surface area contributed by atoms with E-state index in [0.717, 1.165) is 17.4 Å². The lowest BCUT2D eigenvalue weighted by atomic mass is 10.2. The molecular weight excluding hydrogens is 407 g/mol. The van der Waals surface area contributed by atoms with Crippen molar-refractivity contribution in [3.05, 3.63) is 51.9 Å². The van der Waals surface area contributed by atoms with E-state index in [4.69, 9.17) is 23.2 Å². The first-order chi connectivity index (χ1) is 11.0. The van der Waals surface area contributed by atoms with Crippen LogP contribution in [0.2, 0.25) is 10.0 Å². The minimum absolute atomic E-state index is 0.0322. The van der Waals surface area contributed by atoms with Gasteiger partial charge in [0.15, 0.2) is 5.82 Å². The normalized spacial score (nSPS) is 10.2. The molecule has 0 spiro atoms. The monoisotopic (exact) mass is 416 g/mol. The minimum atomic E-state index is -0.756. The molecule has 1 heterocycles. The Morgan fingerprint density at radius 1 is 1.13 bits per heavy atom. The summed E-state index contributed by atoms with van der Waals surface area (Å²) in [5.74, 6) is -0.485. The first-order valence-corrected chi connectivity index (χ1v) is 8.32. The number of hydrogen-bond donors (Lipinski definition) is 2. The van der Waals surface area contributed by atoms with Gasteiger partial charge in [-0.2, -0.15) is 0 Å². The van der Waals surface area contributed by atoms with E-state index < -0.39 is 11.9 Å². The summed E-state index contributed by atoms with van der Waals surface area (Å²) in [6, 6.07) is 3.86. The van der Waals surface area contributed by atoms with Crippen LogP contribution in [0.5, 0.6) is 0 Å². The van der Waals surface area contributed by atoms with Crippen LogP contribution in [0.15, 0.2) is 30.6 Å². The predicted octanol–water partition coefficient (Wildman–Crippen LogP) is 3.68. The zero-order valence-electron chi connectivity index (χ0n) is 11.6. The maximum atomic E-state index is 12.0. The van der Waals surface area contributed by atoms with E-state index in [0.29, 0.717) is 0 Å². The van der Waals surface area contributed by atoms with Crippen LogP contribution in [0.3, 0.4) is 0 Å². The molecule has 0 aliphatic heterocycles. The molecule has 6 nitrogen and oxygen atoms in total. The second kappa shape index (κ2) is 8.24. The standard InChI is InChI=1S/C14H11BrCl2N4O2/c15-5-4-8-6-19-11(7-18-8)20-14(23)21-13(22)12-9(16)2-1-3-10(12)17/h1-3,6-7H,4-5H2,(H2,19,20,21,22,23). The van der Waals surface area contributed by atoms with Crippen LogP contribution in [0.25, 0.3) is 0 Å². The number of urea groups is 1. The molecule has 0 unspecified atom stereocenters. The van der Waals surface area contributed by atoms with Crippen molar-refractivity contribution in [2.45, 2.75) is 6.42 Å². The lowest BCUT2D eigenvalue weighted by Crippen LogP contribution is -2.35. The summed E-state index contributed by atoms with van der Waals surface area (Å²) in [5, 5.41) is 5.62. The van der Waals surface area contributed by atoms with E-state index in [1.165, 1.54) is 18.3 Å². The van der Waals surface area contributed by atoms with Crippen molar-refractivity contribution in [2.75, 3.05) is 10.6 Å². The zero-order valence-corrected chi connectivity index (χ0v) is 14.7. The van der Waals surface area contributed by atoms with Gasteiger partial charge < -0.3 is 0 Å². The lowest BCUT2D eigenvalue weighted by Gasteiger charge is -2.08. The molecule has 3 amide bonds. The molecule has 0 aliphatic carbocycles. The number of imide groups is 1. The molecule has 0 radical (unpaired) electrons. The van der Waals surface area contributed by atoms with Gasteiger partial charge in [0.2, 0.25) is 0 Å². The lowest BCUT2D eigenvalue weighted by molar-refractivity contribution is 0.0967. The van der Waals surface area contributed by atoms with Gasteiger partial charge in [-0.15, -0.1) is 0 Å². The maximum Gasteiger partial charge on any atom is 0.327 e. The fourth-order valence-corrected chi connectivity index (χ4v) is 2.65. The Morgan fingerprint density at radius 2 is 1.83 bits per heavy atom. The summed E-state index contributed by atoms with van der Waals surface area (Å²) in [6.45, 7) is 0. The predicted molar refractivity (Wildman–Crippen MR) is 92.5 cm³/mol. The van der Waals surface area contributed by atoms with Crippen LogP contribution in [0, 0.1) is 0 Å². The van der Waals surface area contributed by atoms with Gasteiger partial charge in [0.25, 0.3) is 5.91 Å². The third kappa shape index (κ3) is 4.89. The van der Waals surface area contributed by atoms with Crippen LogP contribution >= 0.6 is 39.1 Å². The van der Waals surface area contributed by atoms with E-state index in [1.54, 1.807) is 12.3 Å². The Labute approximate surface area is 150 Å². The quantitative estimate of drug-likeness (QED) is 0.743. The van der Waals surface area contributed by atoms with Crippen LogP contribution in [0.1, 0.15) is 16.1 Å². The number of alkyl halides is 1. The van der Waals surface area contributed by atoms with Gasteiger partial charge in [0.05, 0.1) is 33.7 Å². The summed E-state index contributed by atoms with van der Waals surface area (Å²) in [7, 11) is 0. The molecule has 0 fully saturated rings. The zero-order chi connectivity index (χ0) is 16.8. The van der Waals surface area contributed by atoms with Crippen molar-refractivity contribution >= 4 is 56.9 Å². The molecule has 2 rings (SSSR count). The van der Waals surface area contributed by atoms with Crippen molar-refractivity contribution in [1.29, 1.82) is 0 Å². The third-order valence-electron chi connectivity index (χ3n) is 2.71. The minimum Gasteiger partial charge on any atom is -0.291 e. The SMILES string of the molecule is O=C(NC(=O)c1c(Cl)cccc1Cl)Nc1cnc(CCBr)cn1. The topological polar surface area (TPSA) is 84.0 Å². The van der Waals surface area contributed by atoms with Crippen LogP contribution in [0.4, 0.5) is 10.6 Å². The van der Waals surface area contributed by atoms with Gasteiger partial charge in [-0.3, -0.25) is 20.4 Å². The highest BCUT2D eigenvalue weighted by Gasteiger charge is 2.17. The number of amides is 3. The number of halogens is 3. The molecule has 9 heteroatoms. The highest BCUT2D eigenvalue weighted by molar-refractivity contribution is 9.09. The number of hydrogen-bond acceptors (Lipinski definition) is 4. The Bertz CT molecular complexity index is 705. The molecule has 0 saturated carbocycles. The van der Waals surface area contributed by atoms with Gasteiger partial charge in [0, 0.05) is 11.8 Å².